The van der Waals surface area contributed by atoms with E-state index in [1.807, 2.05) is 36.5 Å². The van der Waals surface area contributed by atoms with Gasteiger partial charge in [0.15, 0.2) is 0 Å². The van der Waals surface area contributed by atoms with Crippen LogP contribution in [0.2, 0.25) is 5.15 Å². The van der Waals surface area contributed by atoms with Gasteiger partial charge in [0.1, 0.15) is 5.15 Å². The minimum absolute atomic E-state index is 0.0893. The molecule has 2 aromatic heterocycles. The number of hydrogen-bond acceptors (Lipinski definition) is 5. The molecule has 34 heavy (non-hydrogen) atoms. The van der Waals surface area contributed by atoms with Gasteiger partial charge in [0.25, 0.3) is 0 Å². The summed E-state index contributed by atoms with van der Waals surface area (Å²) in [6.45, 7) is 2.06. The zero-order valence-corrected chi connectivity index (χ0v) is 19.3. The Morgan fingerprint density at radius 3 is 2.65 bits per heavy atom. The summed E-state index contributed by atoms with van der Waals surface area (Å²) in [7, 11) is 0. The number of halogens is 1. The third-order valence-corrected chi connectivity index (χ3v) is 6.47. The van der Waals surface area contributed by atoms with E-state index in [1.54, 1.807) is 6.07 Å². The first-order valence-corrected chi connectivity index (χ1v) is 11.8. The first-order chi connectivity index (χ1) is 16.7. The van der Waals surface area contributed by atoms with E-state index >= 15 is 0 Å². The smallest absolute Gasteiger partial charge is 0.129 e. The number of fused-ring (bicyclic) bond motifs is 2. The molecule has 0 amide bonds. The van der Waals surface area contributed by atoms with Crippen molar-refractivity contribution in [1.29, 1.82) is 0 Å². The maximum Gasteiger partial charge on any atom is 0.129 e. The normalized spacial score (nSPS) is 16.8. The Morgan fingerprint density at radius 1 is 0.882 bits per heavy atom. The van der Waals surface area contributed by atoms with E-state index in [-0.39, 0.29) is 5.92 Å². The highest BCUT2D eigenvalue weighted by molar-refractivity contribution is 6.29. The van der Waals surface area contributed by atoms with Gasteiger partial charge in [-0.15, -0.1) is 0 Å². The van der Waals surface area contributed by atoms with Crippen LogP contribution in [0.1, 0.15) is 29.0 Å². The lowest BCUT2D eigenvalue weighted by atomic mass is 9.92. The molecule has 4 aromatic rings. The van der Waals surface area contributed by atoms with Crippen LogP contribution in [0.4, 0.5) is 0 Å². The van der Waals surface area contributed by atoms with Gasteiger partial charge in [-0.3, -0.25) is 5.01 Å². The van der Waals surface area contributed by atoms with E-state index in [2.05, 4.69) is 57.6 Å². The Hall–Kier alpha value is -3.54. The molecule has 1 atom stereocenters. The van der Waals surface area contributed by atoms with Crippen molar-refractivity contribution in [3.05, 3.63) is 106 Å². The molecule has 4 heterocycles. The minimum Gasteiger partial charge on any atom is -0.372 e. The SMILES string of the molecule is Clc1cccc(-c2cc(C3C=NN4CCC=C34)c3cc(COCc4ccccc4)ccc3n2)n1. The van der Waals surface area contributed by atoms with Gasteiger partial charge in [-0.05, 0) is 53.4 Å². The molecule has 0 spiro atoms. The molecular formula is C28H23ClN4O. The first kappa shape index (κ1) is 21.0. The molecule has 0 radical (unpaired) electrons. The van der Waals surface area contributed by atoms with E-state index in [4.69, 9.17) is 21.3 Å². The lowest BCUT2D eigenvalue weighted by Gasteiger charge is -2.17. The van der Waals surface area contributed by atoms with Crippen LogP contribution in [0.5, 0.6) is 0 Å². The number of ether oxygens (including phenoxy) is 1. The Kier molecular flexibility index (Phi) is 5.57. The van der Waals surface area contributed by atoms with Crippen LogP contribution in [0, 0.1) is 0 Å². The van der Waals surface area contributed by atoms with Gasteiger partial charge < -0.3 is 4.74 Å². The van der Waals surface area contributed by atoms with Crippen LogP contribution in [0.15, 0.2) is 89.7 Å². The lowest BCUT2D eigenvalue weighted by molar-refractivity contribution is 0.107. The second-order valence-corrected chi connectivity index (χ2v) is 8.94. The van der Waals surface area contributed by atoms with E-state index < -0.39 is 0 Å². The summed E-state index contributed by atoms with van der Waals surface area (Å²) >= 11 is 6.18. The predicted octanol–water partition coefficient (Wildman–Crippen LogP) is 6.34. The molecule has 6 heteroatoms. The molecule has 5 nitrogen and oxygen atoms in total. The minimum atomic E-state index is 0.0893. The van der Waals surface area contributed by atoms with Crippen LogP contribution in [0.3, 0.4) is 0 Å². The zero-order chi connectivity index (χ0) is 22.9. The molecular weight excluding hydrogens is 444 g/mol. The maximum absolute atomic E-state index is 6.18. The van der Waals surface area contributed by atoms with Crippen molar-refractivity contribution in [3.63, 3.8) is 0 Å². The molecule has 2 aliphatic heterocycles. The van der Waals surface area contributed by atoms with Crippen LogP contribution in [-0.4, -0.2) is 27.7 Å². The van der Waals surface area contributed by atoms with Gasteiger partial charge >= 0.3 is 0 Å². The van der Waals surface area contributed by atoms with Gasteiger partial charge in [-0.25, -0.2) is 9.97 Å². The van der Waals surface area contributed by atoms with Crippen LogP contribution in [-0.2, 0) is 18.0 Å². The summed E-state index contributed by atoms with van der Waals surface area (Å²) in [5.41, 5.74) is 7.19. The monoisotopic (exact) mass is 466 g/mol. The fraction of sp³-hybridized carbons (Fsp3) is 0.179. The predicted molar refractivity (Wildman–Crippen MR) is 136 cm³/mol. The molecule has 168 valence electrons. The summed E-state index contributed by atoms with van der Waals surface area (Å²) in [6, 6.07) is 24.3. The zero-order valence-electron chi connectivity index (χ0n) is 18.6. The Labute approximate surface area is 203 Å². The van der Waals surface area contributed by atoms with Crippen molar-refractivity contribution in [2.24, 2.45) is 5.10 Å². The fourth-order valence-corrected chi connectivity index (χ4v) is 4.80. The summed E-state index contributed by atoms with van der Waals surface area (Å²) in [5.74, 6) is 0.0893. The first-order valence-electron chi connectivity index (χ1n) is 11.4. The van der Waals surface area contributed by atoms with Gasteiger partial charge in [-0.1, -0.05) is 60.1 Å². The van der Waals surface area contributed by atoms with Crippen LogP contribution < -0.4 is 0 Å². The second-order valence-electron chi connectivity index (χ2n) is 8.56. The van der Waals surface area contributed by atoms with Gasteiger partial charge in [0.05, 0.1) is 36.0 Å². The average molecular weight is 467 g/mol. The van der Waals surface area contributed by atoms with Gasteiger partial charge in [0, 0.05) is 23.8 Å². The summed E-state index contributed by atoms with van der Waals surface area (Å²) in [6.07, 6.45) is 5.34. The Bertz CT molecular complexity index is 1420. The van der Waals surface area contributed by atoms with Gasteiger partial charge in [-0.2, -0.15) is 5.10 Å². The van der Waals surface area contributed by atoms with Crippen molar-refractivity contribution in [2.75, 3.05) is 6.54 Å². The molecule has 0 aliphatic carbocycles. The van der Waals surface area contributed by atoms with E-state index in [0.717, 1.165) is 40.8 Å². The van der Waals surface area contributed by atoms with Crippen molar-refractivity contribution in [3.8, 4) is 11.4 Å². The lowest BCUT2D eigenvalue weighted by Crippen LogP contribution is -2.11. The molecule has 0 saturated heterocycles. The van der Waals surface area contributed by atoms with E-state index in [1.165, 1.54) is 16.8 Å². The maximum atomic E-state index is 6.18. The number of pyridine rings is 2. The van der Waals surface area contributed by atoms with Crippen LogP contribution >= 0.6 is 11.6 Å². The number of allylic oxidation sites excluding steroid dienone is 1. The highest BCUT2D eigenvalue weighted by atomic mass is 35.5. The molecule has 6 rings (SSSR count). The average Bonchev–Trinajstić information content (AvgIpc) is 3.48. The molecule has 0 N–H and O–H groups in total. The molecule has 0 fully saturated rings. The van der Waals surface area contributed by atoms with Crippen molar-refractivity contribution >= 4 is 28.7 Å². The molecule has 0 bridgehead atoms. The molecule has 0 saturated carbocycles. The third-order valence-electron chi connectivity index (χ3n) is 6.26. The number of benzene rings is 2. The second kappa shape index (κ2) is 9.01. The van der Waals surface area contributed by atoms with E-state index in [0.29, 0.717) is 18.4 Å². The highest BCUT2D eigenvalue weighted by Crippen LogP contribution is 2.39. The third kappa shape index (κ3) is 4.09. The van der Waals surface area contributed by atoms with E-state index in [9.17, 15) is 0 Å². The highest BCUT2D eigenvalue weighted by Gasteiger charge is 2.30. The quantitative estimate of drug-likeness (QED) is 0.311. The Morgan fingerprint density at radius 2 is 1.76 bits per heavy atom. The van der Waals surface area contributed by atoms with Crippen LogP contribution in [0.25, 0.3) is 22.3 Å². The van der Waals surface area contributed by atoms with Crippen molar-refractivity contribution in [2.45, 2.75) is 25.6 Å². The Balaban J connectivity index is 1.38. The summed E-state index contributed by atoms with van der Waals surface area (Å²) in [5, 5.41) is 8.31. The molecule has 1 unspecified atom stereocenters. The fourth-order valence-electron chi connectivity index (χ4n) is 4.63. The standard InChI is InChI=1S/C28H23ClN4O/c29-28-10-4-8-25(32-28)26-15-21(23-16-30-33-13-5-9-27(23)33)22-14-20(11-12-24(22)31-26)18-34-17-19-6-2-1-3-7-19/h1-4,6-12,14-16,23H,5,13,17-18H2. The molecule has 2 aliphatic rings. The topological polar surface area (TPSA) is 50.6 Å². The summed E-state index contributed by atoms with van der Waals surface area (Å²) < 4.78 is 6.00. The number of hydrogen-bond donors (Lipinski definition) is 0. The van der Waals surface area contributed by atoms with Crippen molar-refractivity contribution in [1.82, 2.24) is 15.0 Å². The van der Waals surface area contributed by atoms with Gasteiger partial charge in [0.2, 0.25) is 0 Å². The molecule has 2 aromatic carbocycles. The van der Waals surface area contributed by atoms with Crippen molar-refractivity contribution < 1.29 is 4.74 Å². The number of rotatable bonds is 6. The number of nitrogens with zero attached hydrogens (tertiary/aromatic N) is 4. The number of hydrazone groups is 1. The summed E-state index contributed by atoms with van der Waals surface area (Å²) in [4.78, 5) is 9.43. The number of aromatic nitrogens is 2. The largest absolute Gasteiger partial charge is 0.372 e.